The van der Waals surface area contributed by atoms with E-state index in [1.165, 1.54) is 0 Å². The molecule has 1 unspecified atom stereocenters. The van der Waals surface area contributed by atoms with Crippen LogP contribution in [-0.4, -0.2) is 13.0 Å². The normalized spacial score (nSPS) is 18.6. The number of amides is 1. The minimum atomic E-state index is -0.531. The van der Waals surface area contributed by atoms with Crippen molar-refractivity contribution >= 4 is 33.2 Å². The van der Waals surface area contributed by atoms with E-state index in [0.717, 1.165) is 55.3 Å². The van der Waals surface area contributed by atoms with Crippen molar-refractivity contribution in [2.75, 3.05) is 7.11 Å². The van der Waals surface area contributed by atoms with Gasteiger partial charge in [0.15, 0.2) is 6.10 Å². The van der Waals surface area contributed by atoms with Crippen LogP contribution in [0.4, 0.5) is 0 Å². The van der Waals surface area contributed by atoms with Gasteiger partial charge in [-0.1, -0.05) is 24.3 Å². The van der Waals surface area contributed by atoms with Crippen LogP contribution < -0.4 is 15.2 Å². The van der Waals surface area contributed by atoms with Gasteiger partial charge in [0.2, 0.25) is 5.91 Å². The number of halogens is 1. The van der Waals surface area contributed by atoms with Crippen LogP contribution in [0.5, 0.6) is 11.5 Å². The molecule has 2 aromatic carbocycles. The molecule has 1 amide bonds. The molecule has 28 heavy (non-hydrogen) atoms. The maximum Gasteiger partial charge on any atom is 0.228 e. The zero-order chi connectivity index (χ0) is 19.5. The number of benzene rings is 2. The van der Waals surface area contributed by atoms with Gasteiger partial charge in [-0.25, -0.2) is 0 Å². The van der Waals surface area contributed by atoms with Crippen molar-refractivity contribution in [2.24, 2.45) is 5.73 Å². The highest BCUT2D eigenvalue weighted by Crippen LogP contribution is 2.53. The number of hydrogen-bond donors (Lipinski definition) is 1. The van der Waals surface area contributed by atoms with Gasteiger partial charge in [0.1, 0.15) is 11.5 Å². The predicted octanol–water partition coefficient (Wildman–Crippen LogP) is 5.18. The van der Waals surface area contributed by atoms with Crippen molar-refractivity contribution in [2.45, 2.75) is 24.4 Å². The van der Waals surface area contributed by atoms with Crippen molar-refractivity contribution in [1.29, 1.82) is 0 Å². The molecule has 2 N–H and O–H groups in total. The van der Waals surface area contributed by atoms with E-state index in [0.29, 0.717) is 0 Å². The summed E-state index contributed by atoms with van der Waals surface area (Å²) in [6.07, 6.45) is 1.36. The molecule has 0 radical (unpaired) electrons. The molecule has 1 atom stereocenters. The van der Waals surface area contributed by atoms with Crippen molar-refractivity contribution in [3.8, 4) is 22.6 Å². The number of carbonyl (C=O) groups is 1. The van der Waals surface area contributed by atoms with Gasteiger partial charge in [-0.3, -0.25) is 4.79 Å². The lowest BCUT2D eigenvalue weighted by atomic mass is 9.86. The van der Waals surface area contributed by atoms with Crippen LogP contribution in [0, 0.1) is 0 Å². The molecule has 1 saturated carbocycles. The molecule has 2 aliphatic rings. The van der Waals surface area contributed by atoms with Crippen LogP contribution in [0.15, 0.2) is 52.3 Å². The number of fused-ring (bicyclic) bond motifs is 3. The average Bonchev–Trinajstić information content (AvgIpc) is 3.42. The van der Waals surface area contributed by atoms with Crippen LogP contribution in [0.1, 0.15) is 34.9 Å². The minimum Gasteiger partial charge on any atom is -0.496 e. The molecule has 0 saturated heterocycles. The first kappa shape index (κ1) is 17.8. The molecular weight excluding hydrogens is 438 g/mol. The number of thiophene rings is 1. The Bertz CT molecular complexity index is 1100. The van der Waals surface area contributed by atoms with E-state index in [-0.39, 0.29) is 12.0 Å². The molecule has 0 bridgehead atoms. The summed E-state index contributed by atoms with van der Waals surface area (Å²) in [4.78, 5) is 13.2. The van der Waals surface area contributed by atoms with E-state index in [9.17, 15) is 4.79 Å². The van der Waals surface area contributed by atoms with Gasteiger partial charge in [-0.2, -0.15) is 0 Å². The monoisotopic (exact) mass is 455 g/mol. The van der Waals surface area contributed by atoms with E-state index in [4.69, 9.17) is 15.2 Å². The van der Waals surface area contributed by atoms with Crippen LogP contribution in [-0.2, 0) is 10.2 Å². The summed E-state index contributed by atoms with van der Waals surface area (Å²) >= 11 is 5.20. The van der Waals surface area contributed by atoms with Crippen LogP contribution in [0.2, 0.25) is 0 Å². The number of rotatable bonds is 4. The maximum absolute atomic E-state index is 12.1. The predicted molar refractivity (Wildman–Crippen MR) is 113 cm³/mol. The molecule has 4 nitrogen and oxygen atoms in total. The molecule has 142 valence electrons. The average molecular weight is 456 g/mol. The van der Waals surface area contributed by atoms with Crippen LogP contribution >= 0.6 is 27.3 Å². The fourth-order valence-corrected chi connectivity index (χ4v) is 5.50. The highest BCUT2D eigenvalue weighted by Gasteiger charge is 2.50. The molecule has 2 heterocycles. The van der Waals surface area contributed by atoms with Crippen LogP contribution in [0.3, 0.4) is 0 Å². The second kappa shape index (κ2) is 6.36. The van der Waals surface area contributed by atoms with Gasteiger partial charge in [-0.15, -0.1) is 11.3 Å². The molecule has 1 fully saturated rings. The van der Waals surface area contributed by atoms with Gasteiger partial charge in [0, 0.05) is 5.56 Å². The summed E-state index contributed by atoms with van der Waals surface area (Å²) < 4.78 is 13.1. The first-order chi connectivity index (χ1) is 13.5. The third-order valence-corrected chi connectivity index (χ3v) is 7.35. The SMILES string of the molecule is COc1cccc2c1-c1ccc(C3(C(N)=O)CC3)cc1C(c1ccc(Br)s1)O2. The van der Waals surface area contributed by atoms with E-state index < -0.39 is 5.41 Å². The summed E-state index contributed by atoms with van der Waals surface area (Å²) in [7, 11) is 1.67. The molecule has 3 aromatic rings. The zero-order valence-corrected chi connectivity index (χ0v) is 17.6. The number of ether oxygens (including phenoxy) is 2. The summed E-state index contributed by atoms with van der Waals surface area (Å²) in [5.41, 5.74) is 9.21. The van der Waals surface area contributed by atoms with E-state index in [1.54, 1.807) is 18.4 Å². The highest BCUT2D eigenvalue weighted by molar-refractivity contribution is 9.11. The quantitative estimate of drug-likeness (QED) is 0.588. The Morgan fingerprint density at radius 3 is 2.71 bits per heavy atom. The van der Waals surface area contributed by atoms with Gasteiger partial charge < -0.3 is 15.2 Å². The topological polar surface area (TPSA) is 61.5 Å². The molecule has 0 spiro atoms. The lowest BCUT2D eigenvalue weighted by Crippen LogP contribution is -2.28. The van der Waals surface area contributed by atoms with Crippen molar-refractivity contribution in [3.63, 3.8) is 0 Å². The fraction of sp³-hybridized carbons (Fsp3) is 0.227. The van der Waals surface area contributed by atoms with Gasteiger partial charge in [0.05, 0.1) is 26.8 Å². The Balaban J connectivity index is 1.73. The maximum atomic E-state index is 12.1. The summed E-state index contributed by atoms with van der Waals surface area (Å²) in [6, 6.07) is 16.1. The molecule has 6 heteroatoms. The van der Waals surface area contributed by atoms with Gasteiger partial charge in [-0.05, 0) is 64.2 Å². The molecule has 1 aromatic heterocycles. The fourth-order valence-electron chi connectivity index (χ4n) is 4.02. The van der Waals surface area contributed by atoms with E-state index in [2.05, 4.69) is 34.1 Å². The Labute approximate surface area is 175 Å². The Morgan fingerprint density at radius 2 is 2.07 bits per heavy atom. The van der Waals surface area contributed by atoms with E-state index in [1.807, 2.05) is 30.3 Å². The third kappa shape index (κ3) is 2.58. The standard InChI is InChI=1S/C22H18BrNO3S/c1-26-15-3-2-4-16-19(15)13-6-5-12(22(9-10-22)21(24)25)11-14(13)20(27-16)17-7-8-18(23)28-17/h2-8,11,20H,9-10H2,1H3,(H2,24,25). The summed E-state index contributed by atoms with van der Waals surface area (Å²) in [6.45, 7) is 0. The summed E-state index contributed by atoms with van der Waals surface area (Å²) in [5, 5.41) is 0. The highest BCUT2D eigenvalue weighted by atomic mass is 79.9. The Hall–Kier alpha value is -2.31. The third-order valence-electron chi connectivity index (χ3n) is 5.68. The van der Waals surface area contributed by atoms with Gasteiger partial charge >= 0.3 is 0 Å². The second-order valence-electron chi connectivity index (χ2n) is 7.22. The number of carbonyl (C=O) groups excluding carboxylic acids is 1. The molecular formula is C22H18BrNO3S. The summed E-state index contributed by atoms with van der Waals surface area (Å²) in [5.74, 6) is 1.32. The van der Waals surface area contributed by atoms with Crippen LogP contribution in [0.25, 0.3) is 11.1 Å². The largest absolute Gasteiger partial charge is 0.496 e. The lowest BCUT2D eigenvalue weighted by Gasteiger charge is -2.30. The molecule has 1 aliphatic heterocycles. The lowest BCUT2D eigenvalue weighted by molar-refractivity contribution is -0.120. The van der Waals surface area contributed by atoms with Crippen molar-refractivity contribution < 1.29 is 14.3 Å². The van der Waals surface area contributed by atoms with Crippen molar-refractivity contribution in [1.82, 2.24) is 0 Å². The second-order valence-corrected chi connectivity index (χ2v) is 9.72. The first-order valence-corrected chi connectivity index (χ1v) is 10.7. The van der Waals surface area contributed by atoms with E-state index >= 15 is 0 Å². The Morgan fingerprint density at radius 1 is 1.25 bits per heavy atom. The zero-order valence-electron chi connectivity index (χ0n) is 15.2. The number of primary amides is 1. The number of methoxy groups -OCH3 is 1. The smallest absolute Gasteiger partial charge is 0.228 e. The number of hydrogen-bond acceptors (Lipinski definition) is 4. The minimum absolute atomic E-state index is 0.241. The number of nitrogens with two attached hydrogens (primary N) is 1. The first-order valence-electron chi connectivity index (χ1n) is 9.07. The molecule has 1 aliphatic carbocycles. The van der Waals surface area contributed by atoms with Gasteiger partial charge in [0.25, 0.3) is 0 Å². The Kier molecular flexibility index (Phi) is 4.03. The molecule has 5 rings (SSSR count). The van der Waals surface area contributed by atoms with Crippen molar-refractivity contribution in [3.05, 3.63) is 68.3 Å².